The van der Waals surface area contributed by atoms with Crippen LogP contribution in [0, 0.1) is 0 Å². The molecular weight excluding hydrogens is 320 g/mol. The number of anilines is 1. The Kier molecular flexibility index (Phi) is 4.99. The van der Waals surface area contributed by atoms with E-state index in [0.717, 1.165) is 0 Å². The van der Waals surface area contributed by atoms with Gasteiger partial charge in [-0.05, 0) is 48.5 Å². The summed E-state index contributed by atoms with van der Waals surface area (Å²) in [6.45, 7) is 0. The fourth-order valence-electron chi connectivity index (χ4n) is 2.58. The molecule has 1 N–H and O–H groups in total. The highest BCUT2D eigenvalue weighted by Crippen LogP contribution is 2.23. The molecule has 0 radical (unpaired) electrons. The number of carbonyl (C=O) groups excluding carboxylic acids is 2. The van der Waals surface area contributed by atoms with Crippen LogP contribution in [0.1, 0.15) is 28.6 Å². The number of nitrogens with zero attached hydrogens (tertiary/aromatic N) is 1. The normalized spacial score (nSPS) is 11.7. The number of nitrogens with one attached hydrogen (secondary N) is 1. The second kappa shape index (κ2) is 7.53. The number of amides is 1. The van der Waals surface area contributed by atoms with E-state index < -0.39 is 5.97 Å². The molecule has 6 nitrogen and oxygen atoms in total. The van der Waals surface area contributed by atoms with E-state index in [9.17, 15) is 9.59 Å². The number of methoxy groups -OCH3 is 1. The van der Waals surface area contributed by atoms with E-state index in [1.54, 1.807) is 36.6 Å². The number of hydrogen-bond donors (Lipinski definition) is 1. The number of carbonyl (C=O) groups is 2. The third kappa shape index (κ3) is 3.98. The van der Waals surface area contributed by atoms with E-state index in [-0.39, 0.29) is 18.4 Å². The molecule has 3 aromatic rings. The second-order valence-corrected chi connectivity index (χ2v) is 5.48. The van der Waals surface area contributed by atoms with Crippen molar-refractivity contribution in [3.05, 3.63) is 78.5 Å². The predicted octanol–water partition coefficient (Wildman–Crippen LogP) is 3.49. The summed E-state index contributed by atoms with van der Waals surface area (Å²) >= 11 is 0. The molecule has 1 aromatic carbocycles. The minimum atomic E-state index is -0.414. The molecule has 0 aliphatic carbocycles. The fraction of sp³-hybridized carbons (Fsp3) is 0.158. The Hall–Kier alpha value is -3.28. The van der Waals surface area contributed by atoms with Crippen LogP contribution < -0.4 is 5.32 Å². The average molecular weight is 338 g/mol. The zero-order valence-electron chi connectivity index (χ0n) is 13.7. The maximum absolute atomic E-state index is 12.4. The lowest BCUT2D eigenvalue weighted by Gasteiger charge is -2.16. The number of rotatable bonds is 6. The molecule has 6 heteroatoms. The van der Waals surface area contributed by atoms with Crippen LogP contribution in [-0.2, 0) is 9.53 Å². The van der Waals surface area contributed by atoms with Crippen molar-refractivity contribution in [2.45, 2.75) is 12.5 Å². The Morgan fingerprint density at radius 2 is 1.84 bits per heavy atom. The van der Waals surface area contributed by atoms with Gasteiger partial charge in [-0.25, -0.2) is 4.79 Å². The van der Waals surface area contributed by atoms with Gasteiger partial charge >= 0.3 is 5.97 Å². The van der Waals surface area contributed by atoms with Gasteiger partial charge in [0.2, 0.25) is 5.91 Å². The first-order valence-corrected chi connectivity index (χ1v) is 7.81. The quantitative estimate of drug-likeness (QED) is 0.698. The van der Waals surface area contributed by atoms with Crippen molar-refractivity contribution < 1.29 is 18.7 Å². The van der Waals surface area contributed by atoms with Gasteiger partial charge in [-0.3, -0.25) is 4.79 Å². The Morgan fingerprint density at radius 1 is 1.12 bits per heavy atom. The number of esters is 1. The third-order valence-corrected chi connectivity index (χ3v) is 3.83. The number of ether oxygens (including phenoxy) is 1. The number of furan rings is 1. The van der Waals surface area contributed by atoms with Crippen LogP contribution in [0.15, 0.2) is 71.6 Å². The molecule has 1 amide bonds. The lowest BCUT2D eigenvalue weighted by molar-refractivity contribution is -0.116. The minimum absolute atomic E-state index is 0.152. The Labute approximate surface area is 145 Å². The zero-order valence-corrected chi connectivity index (χ0v) is 13.7. The van der Waals surface area contributed by atoms with Gasteiger partial charge in [-0.15, -0.1) is 0 Å². The van der Waals surface area contributed by atoms with Crippen molar-refractivity contribution in [2.75, 3.05) is 12.4 Å². The van der Waals surface area contributed by atoms with Gasteiger partial charge in [0.25, 0.3) is 0 Å². The highest BCUT2D eigenvalue weighted by molar-refractivity contribution is 5.93. The van der Waals surface area contributed by atoms with Crippen LogP contribution in [-0.4, -0.2) is 23.6 Å². The Bertz CT molecular complexity index is 787. The molecule has 0 bridgehead atoms. The van der Waals surface area contributed by atoms with Gasteiger partial charge < -0.3 is 19.0 Å². The molecule has 0 aliphatic rings. The van der Waals surface area contributed by atoms with Gasteiger partial charge in [0.1, 0.15) is 5.76 Å². The van der Waals surface area contributed by atoms with Crippen molar-refractivity contribution in [3.63, 3.8) is 0 Å². The van der Waals surface area contributed by atoms with E-state index in [0.29, 0.717) is 17.0 Å². The van der Waals surface area contributed by atoms with Crippen LogP contribution in [0.4, 0.5) is 5.69 Å². The molecule has 128 valence electrons. The van der Waals surface area contributed by atoms with Crippen molar-refractivity contribution >= 4 is 17.6 Å². The van der Waals surface area contributed by atoms with Crippen molar-refractivity contribution in [1.29, 1.82) is 0 Å². The standard InChI is InChI=1S/C19H18N2O4/c1-24-19(23)14-6-8-15(9-7-14)20-18(22)13-16(17-5-4-12-25-17)21-10-2-3-11-21/h2-12,16H,13H2,1H3,(H,20,22)/t16-/m1/s1. The average Bonchev–Trinajstić information content (AvgIpc) is 3.33. The maximum Gasteiger partial charge on any atom is 0.337 e. The number of benzene rings is 1. The lowest BCUT2D eigenvalue weighted by atomic mass is 10.1. The summed E-state index contributed by atoms with van der Waals surface area (Å²) < 4.78 is 12.1. The molecule has 3 rings (SSSR count). The minimum Gasteiger partial charge on any atom is -0.467 e. The molecular formula is C19H18N2O4. The smallest absolute Gasteiger partial charge is 0.337 e. The molecule has 0 saturated heterocycles. The summed E-state index contributed by atoms with van der Waals surface area (Å²) in [6, 6.07) is 13.8. The first-order chi connectivity index (χ1) is 12.2. The molecule has 1 atom stereocenters. The third-order valence-electron chi connectivity index (χ3n) is 3.83. The second-order valence-electron chi connectivity index (χ2n) is 5.48. The molecule has 2 aromatic heterocycles. The number of aromatic nitrogens is 1. The monoisotopic (exact) mass is 338 g/mol. The SMILES string of the molecule is COC(=O)c1ccc(NC(=O)C[C@H](c2ccco2)n2cccc2)cc1. The van der Waals surface area contributed by atoms with Gasteiger partial charge in [0.05, 0.1) is 31.4 Å². The molecule has 0 fully saturated rings. The summed E-state index contributed by atoms with van der Waals surface area (Å²) in [6.07, 6.45) is 5.60. The van der Waals surface area contributed by atoms with Gasteiger partial charge in [0, 0.05) is 18.1 Å². The molecule has 25 heavy (non-hydrogen) atoms. The Balaban J connectivity index is 1.69. The number of hydrogen-bond acceptors (Lipinski definition) is 4. The van der Waals surface area contributed by atoms with E-state index in [1.165, 1.54) is 7.11 Å². The van der Waals surface area contributed by atoms with E-state index in [4.69, 9.17) is 4.42 Å². The first-order valence-electron chi connectivity index (χ1n) is 7.81. The topological polar surface area (TPSA) is 73.5 Å². The summed E-state index contributed by atoms with van der Waals surface area (Å²) in [5.74, 6) is 0.150. The van der Waals surface area contributed by atoms with Crippen LogP contribution in [0.2, 0.25) is 0 Å². The van der Waals surface area contributed by atoms with E-state index >= 15 is 0 Å². The Morgan fingerprint density at radius 3 is 2.44 bits per heavy atom. The molecule has 0 aliphatic heterocycles. The molecule has 0 saturated carbocycles. The summed E-state index contributed by atoms with van der Waals surface area (Å²) in [5.41, 5.74) is 1.05. The highest BCUT2D eigenvalue weighted by Gasteiger charge is 2.20. The summed E-state index contributed by atoms with van der Waals surface area (Å²) in [7, 11) is 1.33. The largest absolute Gasteiger partial charge is 0.467 e. The first kappa shape index (κ1) is 16.6. The van der Waals surface area contributed by atoms with E-state index in [2.05, 4.69) is 10.1 Å². The molecule has 0 unspecified atom stereocenters. The summed E-state index contributed by atoms with van der Waals surface area (Å²) in [4.78, 5) is 23.9. The van der Waals surface area contributed by atoms with Crippen molar-refractivity contribution in [3.8, 4) is 0 Å². The van der Waals surface area contributed by atoms with Crippen LogP contribution in [0.5, 0.6) is 0 Å². The van der Waals surface area contributed by atoms with Crippen LogP contribution >= 0.6 is 0 Å². The molecule has 0 spiro atoms. The van der Waals surface area contributed by atoms with Crippen LogP contribution in [0.25, 0.3) is 0 Å². The lowest BCUT2D eigenvalue weighted by Crippen LogP contribution is -2.19. The maximum atomic E-state index is 12.4. The summed E-state index contributed by atoms with van der Waals surface area (Å²) in [5, 5.41) is 2.83. The predicted molar refractivity (Wildman–Crippen MR) is 92.3 cm³/mol. The van der Waals surface area contributed by atoms with E-state index in [1.807, 2.05) is 35.2 Å². The van der Waals surface area contributed by atoms with Crippen molar-refractivity contribution in [1.82, 2.24) is 4.57 Å². The van der Waals surface area contributed by atoms with Crippen LogP contribution in [0.3, 0.4) is 0 Å². The van der Waals surface area contributed by atoms with Gasteiger partial charge in [0.15, 0.2) is 0 Å². The fourth-order valence-corrected chi connectivity index (χ4v) is 2.58. The van der Waals surface area contributed by atoms with Gasteiger partial charge in [-0.1, -0.05) is 0 Å². The zero-order chi connectivity index (χ0) is 17.6. The van der Waals surface area contributed by atoms with Gasteiger partial charge in [-0.2, -0.15) is 0 Å². The molecule has 2 heterocycles. The van der Waals surface area contributed by atoms with Crippen molar-refractivity contribution in [2.24, 2.45) is 0 Å². The highest BCUT2D eigenvalue weighted by atomic mass is 16.5.